The summed E-state index contributed by atoms with van der Waals surface area (Å²) >= 11 is 0. The molecule has 3 N–H and O–H groups in total. The van der Waals surface area contributed by atoms with Gasteiger partial charge in [-0.15, -0.1) is 0 Å². The van der Waals surface area contributed by atoms with Crippen LogP contribution in [0.25, 0.3) is 10.8 Å². The number of nitrogens with zero attached hydrogens (tertiary/aromatic N) is 1. The Balaban J connectivity index is 1.78. The number of urea groups is 1. The van der Waals surface area contributed by atoms with E-state index in [0.717, 1.165) is 16.5 Å². The van der Waals surface area contributed by atoms with Crippen molar-refractivity contribution in [2.24, 2.45) is 0 Å². The van der Waals surface area contributed by atoms with Crippen LogP contribution in [-0.2, 0) is 11.3 Å². The standard InChI is InChI=1S/C24H23N3O4/c1-15(2)19-7-5-4-6-16(19)10-11-24(22(29)25-23(30)26-24)14-27-13-17-8-9-18(31-3)12-20(17)21(27)28/h4-9,12-13,15,28H,14H2,1-3H3,(H2,25,26,29,30)/t24-/m0/s1. The number of hydrogen-bond donors (Lipinski definition) is 3. The van der Waals surface area contributed by atoms with E-state index >= 15 is 0 Å². The van der Waals surface area contributed by atoms with Crippen LogP contribution < -0.4 is 15.4 Å². The third-order valence-electron chi connectivity index (χ3n) is 5.41. The largest absolute Gasteiger partial charge is 0.497 e. The number of fused-ring (bicyclic) bond motifs is 1. The molecular formula is C24H23N3O4. The molecule has 1 atom stereocenters. The fourth-order valence-corrected chi connectivity index (χ4v) is 3.75. The summed E-state index contributed by atoms with van der Waals surface area (Å²) in [5, 5.41) is 17.0. The summed E-state index contributed by atoms with van der Waals surface area (Å²) in [5.41, 5.74) is 0.326. The number of aromatic hydroxyl groups is 1. The predicted molar refractivity (Wildman–Crippen MR) is 117 cm³/mol. The maximum absolute atomic E-state index is 12.8. The number of ether oxygens (including phenoxy) is 1. The Morgan fingerprint density at radius 3 is 2.65 bits per heavy atom. The number of nitrogens with one attached hydrogen (secondary N) is 2. The minimum Gasteiger partial charge on any atom is -0.497 e. The molecule has 1 aliphatic heterocycles. The lowest BCUT2D eigenvalue weighted by Gasteiger charge is -2.21. The van der Waals surface area contributed by atoms with Crippen LogP contribution in [0, 0.1) is 11.8 Å². The molecule has 4 rings (SSSR count). The lowest BCUT2D eigenvalue weighted by Crippen LogP contribution is -2.49. The van der Waals surface area contributed by atoms with Crippen LogP contribution >= 0.6 is 0 Å². The summed E-state index contributed by atoms with van der Waals surface area (Å²) in [6.07, 6.45) is 1.72. The Labute approximate surface area is 180 Å². The number of benzene rings is 2. The Kier molecular flexibility index (Phi) is 5.07. The van der Waals surface area contributed by atoms with Crippen LogP contribution in [0.3, 0.4) is 0 Å². The van der Waals surface area contributed by atoms with Crippen LogP contribution in [0.4, 0.5) is 4.79 Å². The van der Waals surface area contributed by atoms with Gasteiger partial charge in [0.1, 0.15) is 5.75 Å². The second-order valence-corrected chi connectivity index (χ2v) is 7.84. The van der Waals surface area contributed by atoms with Gasteiger partial charge >= 0.3 is 6.03 Å². The zero-order valence-corrected chi connectivity index (χ0v) is 17.5. The normalized spacial score (nSPS) is 17.9. The molecule has 0 saturated carbocycles. The maximum Gasteiger partial charge on any atom is 0.323 e. The van der Waals surface area contributed by atoms with E-state index in [1.54, 1.807) is 25.4 Å². The SMILES string of the molecule is COc1ccc2cn(C[C@]3(C#Cc4ccccc4C(C)C)NC(=O)NC3=O)c(O)c2c1. The Hall–Kier alpha value is -3.92. The fourth-order valence-electron chi connectivity index (χ4n) is 3.75. The van der Waals surface area contributed by atoms with E-state index in [9.17, 15) is 14.7 Å². The first-order valence-corrected chi connectivity index (χ1v) is 9.94. The van der Waals surface area contributed by atoms with Crippen molar-refractivity contribution in [3.8, 4) is 23.5 Å². The van der Waals surface area contributed by atoms with E-state index < -0.39 is 17.5 Å². The Morgan fingerprint density at radius 1 is 1.19 bits per heavy atom. The molecule has 1 fully saturated rings. The number of carbonyl (C=O) groups is 2. The highest BCUT2D eigenvalue weighted by Crippen LogP contribution is 2.32. The van der Waals surface area contributed by atoms with Gasteiger partial charge in [-0.05, 0) is 35.7 Å². The topological polar surface area (TPSA) is 92.6 Å². The van der Waals surface area contributed by atoms with Crippen molar-refractivity contribution in [1.82, 2.24) is 15.2 Å². The fraction of sp³-hybridized carbons (Fsp3) is 0.250. The number of imide groups is 1. The number of carbonyl (C=O) groups excluding carboxylic acids is 2. The molecule has 0 aliphatic carbocycles. The lowest BCUT2D eigenvalue weighted by molar-refractivity contribution is -0.122. The first-order valence-electron chi connectivity index (χ1n) is 9.94. The molecule has 31 heavy (non-hydrogen) atoms. The third kappa shape index (κ3) is 3.68. The molecule has 3 amide bonds. The van der Waals surface area contributed by atoms with Gasteiger partial charge in [-0.1, -0.05) is 43.9 Å². The van der Waals surface area contributed by atoms with Crippen molar-refractivity contribution in [2.75, 3.05) is 7.11 Å². The van der Waals surface area contributed by atoms with Gasteiger partial charge in [0.15, 0.2) is 5.88 Å². The molecule has 0 unspecified atom stereocenters. The molecule has 7 heteroatoms. The molecule has 158 valence electrons. The summed E-state index contributed by atoms with van der Waals surface area (Å²) < 4.78 is 6.74. The second kappa shape index (κ2) is 7.73. The smallest absolute Gasteiger partial charge is 0.323 e. The molecule has 0 bridgehead atoms. The van der Waals surface area contributed by atoms with Crippen molar-refractivity contribution < 1.29 is 19.4 Å². The number of rotatable bonds is 4. The highest BCUT2D eigenvalue weighted by Gasteiger charge is 2.46. The zero-order valence-electron chi connectivity index (χ0n) is 17.5. The first-order chi connectivity index (χ1) is 14.8. The maximum atomic E-state index is 12.8. The highest BCUT2D eigenvalue weighted by atomic mass is 16.5. The van der Waals surface area contributed by atoms with Crippen molar-refractivity contribution in [1.29, 1.82) is 0 Å². The van der Waals surface area contributed by atoms with Gasteiger partial charge in [-0.3, -0.25) is 10.1 Å². The predicted octanol–water partition coefficient (Wildman–Crippen LogP) is 3.11. The average molecular weight is 417 g/mol. The first kappa shape index (κ1) is 20.4. The molecule has 1 saturated heterocycles. The monoisotopic (exact) mass is 417 g/mol. The minimum atomic E-state index is -1.52. The molecule has 2 aromatic carbocycles. The summed E-state index contributed by atoms with van der Waals surface area (Å²) in [5.74, 6) is 6.32. The molecule has 1 aliphatic rings. The summed E-state index contributed by atoms with van der Waals surface area (Å²) in [6, 6.07) is 12.4. The second-order valence-electron chi connectivity index (χ2n) is 7.84. The number of methoxy groups -OCH3 is 1. The third-order valence-corrected chi connectivity index (χ3v) is 5.41. The molecular weight excluding hydrogens is 394 g/mol. The molecule has 2 heterocycles. The summed E-state index contributed by atoms with van der Waals surface area (Å²) in [4.78, 5) is 24.8. The summed E-state index contributed by atoms with van der Waals surface area (Å²) in [6.45, 7) is 4.08. The van der Waals surface area contributed by atoms with Crippen molar-refractivity contribution in [2.45, 2.75) is 31.8 Å². The molecule has 3 aromatic rings. The highest BCUT2D eigenvalue weighted by molar-refractivity contribution is 6.09. The average Bonchev–Trinajstić information content (AvgIpc) is 3.21. The Bertz CT molecular complexity index is 1250. The van der Waals surface area contributed by atoms with Crippen molar-refractivity contribution in [3.05, 3.63) is 59.8 Å². The van der Waals surface area contributed by atoms with Gasteiger partial charge in [0.05, 0.1) is 13.7 Å². The molecule has 0 spiro atoms. The molecule has 1 aromatic heterocycles. The van der Waals surface area contributed by atoms with Gasteiger partial charge in [-0.2, -0.15) is 0 Å². The quantitative estimate of drug-likeness (QED) is 0.449. The van der Waals surface area contributed by atoms with Crippen LogP contribution in [0.2, 0.25) is 0 Å². The summed E-state index contributed by atoms with van der Waals surface area (Å²) in [7, 11) is 1.55. The van der Waals surface area contributed by atoms with E-state index in [4.69, 9.17) is 4.74 Å². The number of hydrogen-bond acceptors (Lipinski definition) is 4. The van der Waals surface area contributed by atoms with Crippen molar-refractivity contribution >= 4 is 22.7 Å². The van der Waals surface area contributed by atoms with E-state index in [2.05, 4.69) is 36.3 Å². The van der Waals surface area contributed by atoms with Crippen molar-refractivity contribution in [3.63, 3.8) is 0 Å². The van der Waals surface area contributed by atoms with Crippen LogP contribution in [-0.4, -0.2) is 34.3 Å². The van der Waals surface area contributed by atoms with Gasteiger partial charge in [0, 0.05) is 22.5 Å². The van der Waals surface area contributed by atoms with Crippen LogP contribution in [0.1, 0.15) is 30.9 Å². The van der Waals surface area contributed by atoms with Gasteiger partial charge in [0.2, 0.25) is 5.54 Å². The van der Waals surface area contributed by atoms with Gasteiger partial charge in [-0.25, -0.2) is 4.79 Å². The molecule has 0 radical (unpaired) electrons. The number of amides is 3. The zero-order chi connectivity index (χ0) is 22.2. The van der Waals surface area contributed by atoms with E-state index in [0.29, 0.717) is 11.1 Å². The molecule has 7 nitrogen and oxygen atoms in total. The van der Waals surface area contributed by atoms with E-state index in [1.807, 2.05) is 30.3 Å². The van der Waals surface area contributed by atoms with Crippen LogP contribution in [0.5, 0.6) is 11.6 Å². The number of aromatic nitrogens is 1. The van der Waals surface area contributed by atoms with Gasteiger partial charge in [0.25, 0.3) is 5.91 Å². The lowest BCUT2D eigenvalue weighted by atomic mass is 9.95. The van der Waals surface area contributed by atoms with E-state index in [1.165, 1.54) is 4.57 Å². The van der Waals surface area contributed by atoms with Gasteiger partial charge < -0.3 is 19.7 Å². The minimum absolute atomic E-state index is 0.0356. The van der Waals surface area contributed by atoms with E-state index in [-0.39, 0.29) is 18.3 Å². The van der Waals surface area contributed by atoms with Crippen LogP contribution in [0.15, 0.2) is 48.7 Å². The Morgan fingerprint density at radius 2 is 1.97 bits per heavy atom.